The Morgan fingerprint density at radius 2 is 2.00 bits per heavy atom. The summed E-state index contributed by atoms with van der Waals surface area (Å²) in [5, 5.41) is 3.01. The fourth-order valence-corrected chi connectivity index (χ4v) is 1.98. The minimum absolute atomic E-state index is 0.242. The van der Waals surface area contributed by atoms with Crippen LogP contribution in [0.3, 0.4) is 0 Å². The average molecular weight is 259 g/mol. The lowest BCUT2D eigenvalue weighted by Crippen LogP contribution is -2.08. The number of rotatable bonds is 5. The molecule has 0 aliphatic carbocycles. The van der Waals surface area contributed by atoms with Crippen molar-refractivity contribution in [1.29, 1.82) is 0 Å². The first-order valence-electron chi connectivity index (χ1n) is 6.30. The maximum Gasteiger partial charge on any atom is 0.124 e. The Balaban J connectivity index is 2.10. The molecule has 0 saturated heterocycles. The summed E-state index contributed by atoms with van der Waals surface area (Å²) in [7, 11) is 1.83. The highest BCUT2D eigenvalue weighted by atomic mass is 19.1. The molecule has 100 valence electrons. The third-order valence-electron chi connectivity index (χ3n) is 2.87. The first-order valence-corrected chi connectivity index (χ1v) is 6.30. The molecule has 0 aromatic heterocycles. The predicted octanol–water partition coefficient (Wildman–Crippen LogP) is 3.43. The van der Waals surface area contributed by atoms with Crippen molar-refractivity contribution in [3.63, 3.8) is 0 Å². The van der Waals surface area contributed by atoms with Gasteiger partial charge in [0.1, 0.15) is 18.2 Å². The molecule has 0 fully saturated rings. The molecule has 2 aromatic carbocycles. The van der Waals surface area contributed by atoms with Gasteiger partial charge in [0, 0.05) is 12.1 Å². The molecule has 1 N–H and O–H groups in total. The van der Waals surface area contributed by atoms with E-state index in [0.29, 0.717) is 13.2 Å². The molecular weight excluding hydrogens is 241 g/mol. The van der Waals surface area contributed by atoms with Crippen molar-refractivity contribution in [2.45, 2.75) is 20.1 Å². The summed E-state index contributed by atoms with van der Waals surface area (Å²) in [6.07, 6.45) is 0. The normalized spacial score (nSPS) is 10.5. The SMILES string of the molecule is CNCc1cc(F)ccc1OCc1cccc(C)c1. The van der Waals surface area contributed by atoms with Crippen LogP contribution in [-0.2, 0) is 13.2 Å². The standard InChI is InChI=1S/C16H18FNO/c1-12-4-3-5-13(8-12)11-19-16-7-6-15(17)9-14(16)10-18-2/h3-9,18H,10-11H2,1-2H3. The van der Waals surface area contributed by atoms with Crippen molar-refractivity contribution in [3.8, 4) is 5.75 Å². The molecule has 0 aliphatic heterocycles. The van der Waals surface area contributed by atoms with Crippen LogP contribution in [0.1, 0.15) is 16.7 Å². The Bertz CT molecular complexity index is 554. The Morgan fingerprint density at radius 3 is 2.74 bits per heavy atom. The van der Waals surface area contributed by atoms with Gasteiger partial charge < -0.3 is 10.1 Å². The van der Waals surface area contributed by atoms with Crippen LogP contribution in [0.2, 0.25) is 0 Å². The number of aryl methyl sites for hydroxylation is 1. The monoisotopic (exact) mass is 259 g/mol. The Morgan fingerprint density at radius 1 is 1.16 bits per heavy atom. The Hall–Kier alpha value is -1.87. The van der Waals surface area contributed by atoms with Crippen molar-refractivity contribution in [3.05, 3.63) is 65.0 Å². The van der Waals surface area contributed by atoms with Crippen LogP contribution in [0.25, 0.3) is 0 Å². The van der Waals surface area contributed by atoms with Gasteiger partial charge in [-0.1, -0.05) is 29.8 Å². The van der Waals surface area contributed by atoms with Gasteiger partial charge in [0.05, 0.1) is 0 Å². The van der Waals surface area contributed by atoms with Gasteiger partial charge in [-0.15, -0.1) is 0 Å². The van der Waals surface area contributed by atoms with Gasteiger partial charge in [-0.2, -0.15) is 0 Å². The molecule has 0 amide bonds. The minimum atomic E-state index is -0.242. The van der Waals surface area contributed by atoms with E-state index in [1.54, 1.807) is 6.07 Å². The van der Waals surface area contributed by atoms with Gasteiger partial charge in [-0.25, -0.2) is 4.39 Å². The molecule has 2 nitrogen and oxygen atoms in total. The third-order valence-corrected chi connectivity index (χ3v) is 2.87. The summed E-state index contributed by atoms with van der Waals surface area (Å²) in [6.45, 7) is 3.12. The van der Waals surface area contributed by atoms with E-state index in [2.05, 4.69) is 11.4 Å². The van der Waals surface area contributed by atoms with Crippen LogP contribution in [0.4, 0.5) is 4.39 Å². The largest absolute Gasteiger partial charge is 0.489 e. The number of halogens is 1. The molecular formula is C16H18FNO. The Labute approximate surface area is 113 Å². The summed E-state index contributed by atoms with van der Waals surface area (Å²) < 4.78 is 19.0. The lowest BCUT2D eigenvalue weighted by molar-refractivity contribution is 0.301. The molecule has 3 heteroatoms. The van der Waals surface area contributed by atoms with E-state index in [1.165, 1.54) is 17.7 Å². The van der Waals surface area contributed by atoms with Gasteiger partial charge >= 0.3 is 0 Å². The van der Waals surface area contributed by atoms with Gasteiger partial charge in [0.15, 0.2) is 0 Å². The summed E-state index contributed by atoms with van der Waals surface area (Å²) >= 11 is 0. The summed E-state index contributed by atoms with van der Waals surface area (Å²) in [5.41, 5.74) is 3.14. The van der Waals surface area contributed by atoms with Gasteiger partial charge in [-0.3, -0.25) is 0 Å². The van der Waals surface area contributed by atoms with Crippen LogP contribution in [0, 0.1) is 12.7 Å². The van der Waals surface area contributed by atoms with Gasteiger partial charge in [0.25, 0.3) is 0 Å². The lowest BCUT2D eigenvalue weighted by atomic mass is 10.1. The first-order chi connectivity index (χ1) is 9.19. The van der Waals surface area contributed by atoms with E-state index in [1.807, 2.05) is 32.2 Å². The zero-order valence-corrected chi connectivity index (χ0v) is 11.2. The zero-order chi connectivity index (χ0) is 13.7. The van der Waals surface area contributed by atoms with E-state index in [-0.39, 0.29) is 5.82 Å². The molecule has 0 bridgehead atoms. The van der Waals surface area contributed by atoms with E-state index in [9.17, 15) is 4.39 Å². The van der Waals surface area contributed by atoms with Crippen molar-refractivity contribution >= 4 is 0 Å². The highest BCUT2D eigenvalue weighted by Gasteiger charge is 2.05. The molecule has 19 heavy (non-hydrogen) atoms. The summed E-state index contributed by atoms with van der Waals surface area (Å²) in [5.74, 6) is 0.477. The predicted molar refractivity (Wildman–Crippen MR) is 74.7 cm³/mol. The number of hydrogen-bond donors (Lipinski definition) is 1. The molecule has 0 unspecified atom stereocenters. The topological polar surface area (TPSA) is 21.3 Å². The first kappa shape index (κ1) is 13.6. The van der Waals surface area contributed by atoms with E-state index < -0.39 is 0 Å². The highest BCUT2D eigenvalue weighted by molar-refractivity contribution is 5.34. The van der Waals surface area contributed by atoms with Crippen LogP contribution in [-0.4, -0.2) is 7.05 Å². The van der Waals surface area contributed by atoms with E-state index >= 15 is 0 Å². The molecule has 0 aliphatic rings. The fourth-order valence-electron chi connectivity index (χ4n) is 1.98. The number of benzene rings is 2. The van der Waals surface area contributed by atoms with Gasteiger partial charge in [0.2, 0.25) is 0 Å². The maximum atomic E-state index is 13.2. The van der Waals surface area contributed by atoms with Gasteiger partial charge in [-0.05, 0) is 37.7 Å². The van der Waals surface area contributed by atoms with Crippen molar-refractivity contribution < 1.29 is 9.13 Å². The molecule has 0 spiro atoms. The van der Waals surface area contributed by atoms with E-state index in [4.69, 9.17) is 4.74 Å². The Kier molecular flexibility index (Phi) is 4.53. The van der Waals surface area contributed by atoms with Crippen LogP contribution in [0.5, 0.6) is 5.75 Å². The third kappa shape index (κ3) is 3.80. The fraction of sp³-hybridized carbons (Fsp3) is 0.250. The maximum absolute atomic E-state index is 13.2. The minimum Gasteiger partial charge on any atom is -0.489 e. The van der Waals surface area contributed by atoms with Crippen molar-refractivity contribution in [2.24, 2.45) is 0 Å². The second kappa shape index (κ2) is 6.34. The van der Waals surface area contributed by atoms with Crippen molar-refractivity contribution in [2.75, 3.05) is 7.05 Å². The molecule has 2 aromatic rings. The van der Waals surface area contributed by atoms with Crippen LogP contribution in [0.15, 0.2) is 42.5 Å². The van der Waals surface area contributed by atoms with Crippen LogP contribution >= 0.6 is 0 Å². The number of nitrogens with one attached hydrogen (secondary N) is 1. The smallest absolute Gasteiger partial charge is 0.124 e. The highest BCUT2D eigenvalue weighted by Crippen LogP contribution is 2.21. The summed E-state index contributed by atoms with van der Waals surface area (Å²) in [4.78, 5) is 0. The van der Waals surface area contributed by atoms with Crippen molar-refractivity contribution in [1.82, 2.24) is 5.32 Å². The quantitative estimate of drug-likeness (QED) is 0.888. The van der Waals surface area contributed by atoms with E-state index in [0.717, 1.165) is 16.9 Å². The number of ether oxygens (including phenoxy) is 1. The molecule has 0 atom stereocenters. The molecule has 0 heterocycles. The second-order valence-electron chi connectivity index (χ2n) is 4.56. The summed E-state index contributed by atoms with van der Waals surface area (Å²) in [6, 6.07) is 12.8. The molecule has 0 saturated carbocycles. The molecule has 0 radical (unpaired) electrons. The number of hydrogen-bond acceptors (Lipinski definition) is 2. The lowest BCUT2D eigenvalue weighted by Gasteiger charge is -2.12. The average Bonchev–Trinajstić information content (AvgIpc) is 2.38. The molecule has 2 rings (SSSR count). The van der Waals surface area contributed by atoms with Crippen LogP contribution < -0.4 is 10.1 Å². The zero-order valence-electron chi connectivity index (χ0n) is 11.2. The second-order valence-corrected chi connectivity index (χ2v) is 4.56.